The van der Waals surface area contributed by atoms with Crippen LogP contribution in [0.3, 0.4) is 0 Å². The highest BCUT2D eigenvalue weighted by Crippen LogP contribution is 2.47. The average Bonchev–Trinajstić information content (AvgIpc) is 1.50. The lowest BCUT2D eigenvalue weighted by Crippen LogP contribution is -2.37. The Kier molecular flexibility index (Phi) is 12.5. The van der Waals surface area contributed by atoms with Gasteiger partial charge in [-0.2, -0.15) is 0 Å². The normalized spacial score (nSPS) is 12.4. The van der Waals surface area contributed by atoms with Crippen LogP contribution in [0.2, 0.25) is 0 Å². The summed E-state index contributed by atoms with van der Waals surface area (Å²) in [6, 6.07) is 91.2. The number of aromatic nitrogens is 2. The Bertz CT molecular complexity index is 6080. The topological polar surface area (TPSA) is 47.1 Å². The minimum atomic E-state index is 0.787. The maximum atomic E-state index is 6.77. The number of hydrogen-bond donors (Lipinski definition) is 2. The third-order valence-corrected chi connectivity index (χ3v) is 22.0. The molecule has 13 aromatic carbocycles. The zero-order chi connectivity index (χ0) is 62.4. The molecule has 8 heteroatoms. The van der Waals surface area contributed by atoms with Crippen molar-refractivity contribution in [2.45, 2.75) is 53.4 Å². The first-order valence-corrected chi connectivity index (χ1v) is 34.2. The van der Waals surface area contributed by atoms with Gasteiger partial charge in [0, 0.05) is 109 Å². The molecule has 2 aliphatic heterocycles. The van der Waals surface area contributed by atoms with E-state index in [1.807, 2.05) is 11.3 Å². The van der Waals surface area contributed by atoms with E-state index in [0.29, 0.717) is 0 Å². The third-order valence-electron chi connectivity index (χ3n) is 20.8. The van der Waals surface area contributed by atoms with Crippen LogP contribution < -0.4 is 32.5 Å². The molecule has 0 saturated heterocycles. The molecule has 0 amide bonds. The molecule has 19 rings (SSSR count). The van der Waals surface area contributed by atoms with Crippen LogP contribution in [0.5, 0.6) is 0 Å². The molecule has 94 heavy (non-hydrogen) atoms. The molecule has 0 radical (unpaired) electrons. The van der Waals surface area contributed by atoms with E-state index < -0.39 is 0 Å². The first kappa shape index (κ1) is 54.9. The van der Waals surface area contributed by atoms with Crippen molar-refractivity contribution in [2.75, 3.05) is 10.6 Å². The Hall–Kier alpha value is -10.8. The van der Waals surface area contributed by atoms with E-state index in [2.05, 4.69) is 290 Å². The lowest BCUT2D eigenvalue weighted by Gasteiger charge is -2.26. The molecule has 0 aliphatic carbocycles. The predicted octanol–water partition coefficient (Wildman–Crippen LogP) is 20.4. The van der Waals surface area contributed by atoms with Crippen LogP contribution in [0.25, 0.3) is 142 Å². The van der Waals surface area contributed by atoms with Crippen molar-refractivity contribution in [1.29, 1.82) is 0 Å². The summed E-state index contributed by atoms with van der Waals surface area (Å²) < 4.78 is 14.5. The second-order valence-electron chi connectivity index (χ2n) is 26.4. The van der Waals surface area contributed by atoms with E-state index >= 15 is 0 Å². The van der Waals surface area contributed by atoms with Crippen LogP contribution in [-0.2, 0) is 6.42 Å². The van der Waals surface area contributed by atoms with Crippen molar-refractivity contribution in [3.63, 3.8) is 0 Å². The fourth-order valence-corrected chi connectivity index (χ4v) is 17.4. The maximum absolute atomic E-state index is 6.77. The van der Waals surface area contributed by atoms with E-state index in [-0.39, 0.29) is 0 Å². The van der Waals surface area contributed by atoms with Gasteiger partial charge in [0.25, 0.3) is 0 Å². The molecular weight excluding hydrogens is 1160 g/mol. The van der Waals surface area contributed by atoms with Gasteiger partial charge in [0.2, 0.25) is 0 Å². The summed E-state index contributed by atoms with van der Waals surface area (Å²) in [7, 11) is 1.65. The van der Waals surface area contributed by atoms with Gasteiger partial charge in [0.05, 0.1) is 11.0 Å². The summed E-state index contributed by atoms with van der Waals surface area (Å²) >= 11 is 1.90. The molecule has 0 atom stereocenters. The molecule has 2 N–H and O–H groups in total. The Morgan fingerprint density at radius 2 is 0.968 bits per heavy atom. The van der Waals surface area contributed by atoms with Crippen LogP contribution in [0.1, 0.15) is 48.4 Å². The Morgan fingerprint density at radius 3 is 1.68 bits per heavy atom. The molecule has 4 aromatic heterocycles. The maximum Gasteiger partial charge on any atom is 0.198 e. The molecule has 0 saturated carbocycles. The SMILES string of the molecule is CCCCCc1cc(-c2cc3sc4ccccc4c3cc2Nc2ccc(-c3cccc(-c4cc(-c5cc6oc7ccccc7c6cc5Nc5ccccc5C)c5c(c4)-n4c6ccccc6c6cccc(c64)B5)c3C)cc2C)c2c(c1)-n1c3ccccc3c3cccc(c31)B2. The van der Waals surface area contributed by atoms with E-state index in [4.69, 9.17) is 4.42 Å². The highest BCUT2D eigenvalue weighted by atomic mass is 32.1. The standard InChI is InChI=1S/C86H64B2N4OS/c1-5-6-7-22-52-41-67(83-77(42-52)91-75-34-14-9-23-57(75)61-29-19-31-69(87-83)85(61)91)64-48-82-66(60-26-12-17-37-81(60)94-82)46-74(64)90-72-39-38-53(40-50(72)3)55-27-18-28-56(51(55)4)54-43-68(84-78(44-54)92-76-35-15-10-24-58(76)62-30-20-32-70(88-84)86(62)92)63-47-80-65(59-25-11-16-36-79(59)93-80)45-73(63)89-71-33-13-8-21-49(71)2/h8-21,23-48,87-90H,5-7,22H2,1-4H3. The number of thiophene rings is 1. The van der Waals surface area contributed by atoms with Crippen molar-refractivity contribution in [2.24, 2.45) is 0 Å². The largest absolute Gasteiger partial charge is 0.456 e. The molecule has 17 aromatic rings. The molecule has 0 fully saturated rings. The molecule has 0 spiro atoms. The monoisotopic (exact) mass is 1220 g/mol. The predicted molar refractivity (Wildman–Crippen MR) is 407 cm³/mol. The van der Waals surface area contributed by atoms with Gasteiger partial charge in [-0.3, -0.25) is 0 Å². The number of rotatable bonds is 12. The Morgan fingerprint density at radius 1 is 0.383 bits per heavy atom. The zero-order valence-corrected chi connectivity index (χ0v) is 53.9. The summed E-state index contributed by atoms with van der Waals surface area (Å²) in [6.45, 7) is 9.08. The molecule has 6 heterocycles. The van der Waals surface area contributed by atoms with Crippen molar-refractivity contribution < 1.29 is 4.42 Å². The van der Waals surface area contributed by atoms with Crippen molar-refractivity contribution >= 4 is 156 Å². The van der Waals surface area contributed by atoms with Crippen LogP contribution in [-0.4, -0.2) is 23.7 Å². The minimum absolute atomic E-state index is 0.787. The summed E-state index contributed by atoms with van der Waals surface area (Å²) in [6.07, 6.45) is 4.59. The van der Waals surface area contributed by atoms with Gasteiger partial charge in [-0.05, 0) is 185 Å². The van der Waals surface area contributed by atoms with E-state index in [1.54, 1.807) is 0 Å². The summed E-state index contributed by atoms with van der Waals surface area (Å²) in [5.74, 6) is 0. The molecule has 2 aliphatic rings. The Labute approximate surface area is 551 Å². The fraction of sp³-hybridized carbons (Fsp3) is 0.0930. The smallest absolute Gasteiger partial charge is 0.198 e. The van der Waals surface area contributed by atoms with Crippen molar-refractivity contribution in [3.8, 4) is 55.9 Å². The fourth-order valence-electron chi connectivity index (χ4n) is 16.3. The number of nitrogens with one attached hydrogen (secondary N) is 2. The van der Waals surface area contributed by atoms with Gasteiger partial charge in [0.1, 0.15) is 11.2 Å². The number of aryl methyl sites for hydroxylation is 3. The van der Waals surface area contributed by atoms with Gasteiger partial charge >= 0.3 is 0 Å². The van der Waals surface area contributed by atoms with Crippen LogP contribution in [0.4, 0.5) is 22.7 Å². The highest BCUT2D eigenvalue weighted by Gasteiger charge is 2.31. The highest BCUT2D eigenvalue weighted by molar-refractivity contribution is 7.25. The van der Waals surface area contributed by atoms with Gasteiger partial charge in [-0.1, -0.05) is 188 Å². The number of benzene rings is 13. The second kappa shape index (κ2) is 21.4. The molecule has 0 bridgehead atoms. The first-order valence-electron chi connectivity index (χ1n) is 33.4. The number of hydrogen-bond acceptors (Lipinski definition) is 4. The Balaban J connectivity index is 0.763. The zero-order valence-electron chi connectivity index (χ0n) is 53.0. The van der Waals surface area contributed by atoms with Crippen LogP contribution >= 0.6 is 11.3 Å². The number of fused-ring (bicyclic) bond motifs is 16. The number of furan rings is 1. The lowest BCUT2D eigenvalue weighted by molar-refractivity contribution is 0.669. The van der Waals surface area contributed by atoms with E-state index in [1.165, 1.54) is 171 Å². The van der Waals surface area contributed by atoms with Crippen LogP contribution in [0, 0.1) is 20.8 Å². The average molecular weight is 1220 g/mol. The van der Waals surface area contributed by atoms with Gasteiger partial charge in [0.15, 0.2) is 14.6 Å². The van der Waals surface area contributed by atoms with Crippen LogP contribution in [0.15, 0.2) is 247 Å². The van der Waals surface area contributed by atoms with Gasteiger partial charge < -0.3 is 24.2 Å². The molecular formula is C86H64B2N4OS. The third kappa shape index (κ3) is 8.48. The van der Waals surface area contributed by atoms with E-state index in [9.17, 15) is 0 Å². The molecule has 446 valence electrons. The summed E-state index contributed by atoms with van der Waals surface area (Å²) in [5, 5.41) is 18.1. The van der Waals surface area contributed by atoms with Crippen molar-refractivity contribution in [1.82, 2.24) is 9.13 Å². The lowest BCUT2D eigenvalue weighted by atomic mass is 9.58. The second-order valence-corrected chi connectivity index (χ2v) is 27.4. The minimum Gasteiger partial charge on any atom is -0.456 e. The number of para-hydroxylation sites is 6. The number of nitrogens with zero attached hydrogens (tertiary/aromatic N) is 2. The van der Waals surface area contributed by atoms with Gasteiger partial charge in [-0.25, -0.2) is 0 Å². The molecule has 0 unspecified atom stereocenters. The number of unbranched alkanes of at least 4 members (excludes halogenated alkanes) is 2. The number of anilines is 4. The van der Waals surface area contributed by atoms with Crippen molar-refractivity contribution in [3.05, 3.63) is 265 Å². The summed E-state index contributed by atoms with van der Waals surface area (Å²) in [4.78, 5) is 0. The summed E-state index contributed by atoms with van der Waals surface area (Å²) in [5.41, 5.74) is 33.6. The quantitative estimate of drug-likeness (QED) is 0.0947. The molecule has 5 nitrogen and oxygen atoms in total. The van der Waals surface area contributed by atoms with Gasteiger partial charge in [-0.15, -0.1) is 11.3 Å². The van der Waals surface area contributed by atoms with E-state index in [0.717, 1.165) is 77.7 Å². The first-order chi connectivity index (χ1) is 46.3.